The van der Waals surface area contributed by atoms with E-state index in [9.17, 15) is 13.2 Å². The third kappa shape index (κ3) is 3.14. The number of hydrogen-bond acceptors (Lipinski definition) is 5. The quantitative estimate of drug-likeness (QED) is 0.838. The minimum atomic E-state index is -3.73. The van der Waals surface area contributed by atoms with Crippen molar-refractivity contribution in [1.82, 2.24) is 20.1 Å². The van der Waals surface area contributed by atoms with Gasteiger partial charge in [0, 0.05) is 24.0 Å². The summed E-state index contributed by atoms with van der Waals surface area (Å²) in [5, 5.41) is 7.52. The van der Waals surface area contributed by atoms with Crippen LogP contribution in [0.25, 0.3) is 0 Å². The van der Waals surface area contributed by atoms with E-state index in [1.807, 2.05) is 6.92 Å². The van der Waals surface area contributed by atoms with Gasteiger partial charge in [0.1, 0.15) is 5.82 Å². The molecule has 1 saturated carbocycles. The van der Waals surface area contributed by atoms with Crippen LogP contribution < -0.4 is 0 Å². The van der Waals surface area contributed by atoms with E-state index in [4.69, 9.17) is 11.6 Å². The number of aryl methyl sites for hydroxylation is 1. The highest BCUT2D eigenvalue weighted by Crippen LogP contribution is 2.48. The Hall–Kier alpha value is -1.93. The Bertz CT molecular complexity index is 959. The maximum absolute atomic E-state index is 13.1. The van der Waals surface area contributed by atoms with Crippen LogP contribution in [0.3, 0.4) is 0 Å². The molecule has 2 aliphatic rings. The van der Waals surface area contributed by atoms with Gasteiger partial charge in [-0.15, -0.1) is 0 Å². The highest BCUT2D eigenvalue weighted by Gasteiger charge is 2.62. The van der Waals surface area contributed by atoms with Crippen molar-refractivity contribution in [3.8, 4) is 0 Å². The zero-order valence-corrected chi connectivity index (χ0v) is 16.6. The van der Waals surface area contributed by atoms with Crippen molar-refractivity contribution in [2.45, 2.75) is 48.2 Å². The fourth-order valence-electron chi connectivity index (χ4n) is 3.72. The van der Waals surface area contributed by atoms with E-state index in [0.29, 0.717) is 31.0 Å². The molecule has 2 heterocycles. The Morgan fingerprint density at radius 1 is 1.22 bits per heavy atom. The molecule has 0 radical (unpaired) electrons. The molecule has 2 fully saturated rings. The lowest BCUT2D eigenvalue weighted by atomic mass is 9.96. The number of carbonyl (C=O) groups is 1. The zero-order valence-electron chi connectivity index (χ0n) is 15.0. The Morgan fingerprint density at radius 3 is 2.37 bits per heavy atom. The molecule has 1 aromatic carbocycles. The Kier molecular flexibility index (Phi) is 4.50. The first kappa shape index (κ1) is 18.4. The molecule has 1 saturated heterocycles. The topological polar surface area (TPSA) is 96.0 Å². The molecular weight excluding hydrogens is 388 g/mol. The smallest absolute Gasteiger partial charge is 0.244 e. The molecule has 27 heavy (non-hydrogen) atoms. The number of halogens is 1. The Labute approximate surface area is 163 Å². The predicted octanol–water partition coefficient (Wildman–Crippen LogP) is 2.48. The molecule has 2 aromatic rings. The molecule has 1 aliphatic carbocycles. The molecule has 0 spiro atoms. The number of nitrogens with one attached hydrogen (secondary N) is 1. The van der Waals surface area contributed by atoms with Gasteiger partial charge in [0.25, 0.3) is 0 Å². The number of benzene rings is 1. The van der Waals surface area contributed by atoms with Gasteiger partial charge in [0.2, 0.25) is 5.91 Å². The average molecular weight is 409 g/mol. The van der Waals surface area contributed by atoms with Gasteiger partial charge in [0.05, 0.1) is 4.90 Å². The third-order valence-electron chi connectivity index (χ3n) is 5.49. The van der Waals surface area contributed by atoms with E-state index in [1.54, 1.807) is 17.0 Å². The van der Waals surface area contributed by atoms with E-state index in [-0.39, 0.29) is 16.7 Å². The number of aromatic amines is 1. The summed E-state index contributed by atoms with van der Waals surface area (Å²) in [4.78, 5) is 19.3. The molecular formula is C18H21ClN4O3S. The largest absolute Gasteiger partial charge is 0.341 e. The number of rotatable bonds is 4. The number of carbonyl (C=O) groups excluding carboxylic acids is 1. The fourth-order valence-corrected chi connectivity index (χ4v) is 5.79. The second kappa shape index (κ2) is 6.60. The van der Waals surface area contributed by atoms with Gasteiger partial charge < -0.3 is 4.90 Å². The molecule has 0 bridgehead atoms. The van der Waals surface area contributed by atoms with Crippen molar-refractivity contribution >= 4 is 27.3 Å². The van der Waals surface area contributed by atoms with E-state index >= 15 is 0 Å². The minimum Gasteiger partial charge on any atom is -0.341 e. The van der Waals surface area contributed by atoms with Gasteiger partial charge in [-0.2, -0.15) is 5.10 Å². The minimum absolute atomic E-state index is 0.156. The summed E-state index contributed by atoms with van der Waals surface area (Å²) in [6, 6.07) is 6.03. The summed E-state index contributed by atoms with van der Waals surface area (Å²) in [6.07, 6.45) is 2.22. The van der Waals surface area contributed by atoms with Crippen molar-refractivity contribution in [2.24, 2.45) is 0 Å². The van der Waals surface area contributed by atoms with E-state index in [0.717, 1.165) is 24.5 Å². The monoisotopic (exact) mass is 408 g/mol. The molecule has 4 rings (SSSR count). The number of likely N-dealkylation sites (tertiary alicyclic amines) is 1. The number of nitrogens with zero attached hydrogens (tertiary/aromatic N) is 3. The zero-order chi connectivity index (χ0) is 19.2. The van der Waals surface area contributed by atoms with Crippen LogP contribution in [0.5, 0.6) is 0 Å². The van der Waals surface area contributed by atoms with Gasteiger partial charge in [-0.05, 0) is 56.9 Å². The first-order valence-electron chi connectivity index (χ1n) is 9.02. The molecule has 1 aliphatic heterocycles. The van der Waals surface area contributed by atoms with E-state index < -0.39 is 14.6 Å². The maximum Gasteiger partial charge on any atom is 0.244 e. The van der Waals surface area contributed by atoms with Crippen LogP contribution >= 0.6 is 11.6 Å². The maximum atomic E-state index is 13.1. The first-order valence-corrected chi connectivity index (χ1v) is 10.9. The molecule has 1 N–H and O–H groups in total. The lowest BCUT2D eigenvalue weighted by molar-refractivity contribution is -0.132. The number of hydrogen-bond donors (Lipinski definition) is 1. The van der Waals surface area contributed by atoms with Gasteiger partial charge in [-0.1, -0.05) is 11.6 Å². The van der Waals surface area contributed by atoms with Crippen molar-refractivity contribution in [3.63, 3.8) is 0 Å². The average Bonchev–Trinajstić information content (AvgIpc) is 3.38. The molecule has 7 nitrogen and oxygen atoms in total. The summed E-state index contributed by atoms with van der Waals surface area (Å²) in [5.41, 5.74) is 0. The van der Waals surface area contributed by atoms with E-state index in [1.165, 1.54) is 12.1 Å². The third-order valence-corrected chi connectivity index (χ3v) is 8.25. The summed E-state index contributed by atoms with van der Waals surface area (Å²) in [7, 11) is -3.73. The second-order valence-electron chi connectivity index (χ2n) is 7.30. The van der Waals surface area contributed by atoms with Crippen LogP contribution in [0.4, 0.5) is 0 Å². The lowest BCUT2D eigenvalue weighted by Gasteiger charge is -2.33. The van der Waals surface area contributed by atoms with Crippen LogP contribution in [0.15, 0.2) is 29.2 Å². The van der Waals surface area contributed by atoms with Crippen molar-refractivity contribution in [1.29, 1.82) is 0 Å². The number of H-pyrrole nitrogens is 1. The molecule has 1 aromatic heterocycles. The molecule has 0 unspecified atom stereocenters. The van der Waals surface area contributed by atoms with Crippen molar-refractivity contribution in [3.05, 3.63) is 40.9 Å². The molecule has 9 heteroatoms. The predicted molar refractivity (Wildman–Crippen MR) is 100 cm³/mol. The number of aromatic nitrogens is 3. The van der Waals surface area contributed by atoms with Crippen LogP contribution in [0.2, 0.25) is 5.02 Å². The summed E-state index contributed by atoms with van der Waals surface area (Å²) in [6.45, 7) is 2.90. The van der Waals surface area contributed by atoms with Gasteiger partial charge in [-0.25, -0.2) is 13.4 Å². The van der Waals surface area contributed by atoms with Crippen molar-refractivity contribution in [2.75, 3.05) is 13.1 Å². The summed E-state index contributed by atoms with van der Waals surface area (Å²) in [5.74, 6) is 1.47. The van der Waals surface area contributed by atoms with Crippen molar-refractivity contribution < 1.29 is 13.2 Å². The Morgan fingerprint density at radius 2 is 1.85 bits per heavy atom. The lowest BCUT2D eigenvalue weighted by Crippen LogP contribution is -2.47. The number of sulfone groups is 1. The molecule has 1 amide bonds. The Balaban J connectivity index is 1.49. The standard InChI is InChI=1S/C18H21ClN4O3S/c1-12-20-16(22-21-12)13-6-10-23(11-7-13)17(24)18(8-9-18)27(25,26)15-4-2-14(19)3-5-15/h2-5,13H,6-11H2,1H3,(H,20,21,22). The first-order chi connectivity index (χ1) is 12.8. The molecule has 0 atom stereocenters. The fraction of sp³-hybridized carbons (Fsp3) is 0.500. The second-order valence-corrected chi connectivity index (χ2v) is 9.99. The summed E-state index contributed by atoms with van der Waals surface area (Å²) < 4.78 is 24.9. The van der Waals surface area contributed by atoms with Crippen LogP contribution in [-0.4, -0.2) is 52.2 Å². The summed E-state index contributed by atoms with van der Waals surface area (Å²) >= 11 is 5.86. The molecule has 144 valence electrons. The van der Waals surface area contributed by atoms with Crippen LogP contribution in [0, 0.1) is 6.92 Å². The normalized spacial score (nSPS) is 19.9. The number of amides is 1. The highest BCUT2D eigenvalue weighted by molar-refractivity contribution is 7.94. The van der Waals surface area contributed by atoms with Gasteiger partial charge in [-0.3, -0.25) is 9.89 Å². The highest BCUT2D eigenvalue weighted by atomic mass is 35.5. The van der Waals surface area contributed by atoms with E-state index in [2.05, 4.69) is 15.2 Å². The van der Waals surface area contributed by atoms with Crippen LogP contribution in [0.1, 0.15) is 43.3 Å². The van der Waals surface area contributed by atoms with Gasteiger partial charge in [0.15, 0.2) is 20.4 Å². The van der Waals surface area contributed by atoms with Crippen LogP contribution in [-0.2, 0) is 14.6 Å². The number of piperidine rings is 1. The SMILES string of the molecule is Cc1nc(C2CCN(C(=O)C3(S(=O)(=O)c4ccc(Cl)cc4)CC3)CC2)n[nH]1. The van der Waals surface area contributed by atoms with Gasteiger partial charge >= 0.3 is 0 Å².